The molecule has 0 heterocycles. The monoisotopic (exact) mass is 178 g/mol. The van der Waals surface area contributed by atoms with Crippen molar-refractivity contribution in [1.82, 2.24) is 0 Å². The molecule has 0 aromatic heterocycles. The Kier molecular flexibility index (Phi) is 5.86. The number of aryl methyl sites for hydroxylation is 1. The highest BCUT2D eigenvalue weighted by Crippen LogP contribution is 2.17. The van der Waals surface area contributed by atoms with Crippen LogP contribution >= 0.6 is 0 Å². The first-order valence-electron chi connectivity index (χ1n) is 4.58. The molecule has 0 unspecified atom stereocenters. The van der Waals surface area contributed by atoms with Gasteiger partial charge in [0.05, 0.1) is 0 Å². The normalized spacial score (nSPS) is 9.00. The second-order valence-corrected chi connectivity index (χ2v) is 3.25. The highest BCUT2D eigenvalue weighted by molar-refractivity contribution is 5.44. The van der Waals surface area contributed by atoms with Crippen molar-refractivity contribution in [2.75, 3.05) is 0 Å². The molecule has 1 nitrogen and oxygen atoms in total. The second kappa shape index (κ2) is 6.41. The van der Waals surface area contributed by atoms with Crippen LogP contribution in [0.5, 0.6) is 0 Å². The zero-order valence-corrected chi connectivity index (χ0v) is 8.87. The lowest BCUT2D eigenvalue weighted by Crippen LogP contribution is -1.89. The maximum Gasteiger partial charge on any atom is 0.116 e. The number of carbonyl (C=O) groups is 1. The second-order valence-electron chi connectivity index (χ2n) is 3.25. The largest absolute Gasteiger partial charge is 0.304 e. The molecule has 0 spiro atoms. The van der Waals surface area contributed by atoms with Gasteiger partial charge in [-0.1, -0.05) is 38.1 Å². The van der Waals surface area contributed by atoms with E-state index in [9.17, 15) is 0 Å². The summed E-state index contributed by atoms with van der Waals surface area (Å²) in [6, 6.07) is 8.54. The van der Waals surface area contributed by atoms with Crippen LogP contribution in [0.15, 0.2) is 24.3 Å². The number of benzene rings is 1. The van der Waals surface area contributed by atoms with Crippen LogP contribution in [-0.4, -0.2) is 6.29 Å². The van der Waals surface area contributed by atoms with E-state index in [0.717, 1.165) is 6.29 Å². The molecular formula is C12H18O. The molecule has 1 aromatic carbocycles. The topological polar surface area (TPSA) is 17.1 Å². The number of aldehydes is 1. The molecule has 13 heavy (non-hydrogen) atoms. The van der Waals surface area contributed by atoms with Gasteiger partial charge in [-0.05, 0) is 30.9 Å². The minimum Gasteiger partial charge on any atom is -0.304 e. The van der Waals surface area contributed by atoms with Crippen molar-refractivity contribution >= 4 is 6.29 Å². The third-order valence-corrected chi connectivity index (χ3v) is 1.81. The summed E-state index contributed by atoms with van der Waals surface area (Å²) in [7, 11) is 0. The summed E-state index contributed by atoms with van der Waals surface area (Å²) in [5.41, 5.74) is 2.86. The molecule has 1 heteroatoms. The predicted octanol–water partition coefficient (Wildman–Crippen LogP) is 3.32. The zero-order valence-electron chi connectivity index (χ0n) is 8.87. The molecule has 0 aliphatic carbocycles. The van der Waals surface area contributed by atoms with Gasteiger partial charge in [0, 0.05) is 0 Å². The fraction of sp³-hybridized carbons (Fsp3) is 0.417. The van der Waals surface area contributed by atoms with Crippen molar-refractivity contribution in [3.05, 3.63) is 35.4 Å². The van der Waals surface area contributed by atoms with Gasteiger partial charge in [0.1, 0.15) is 6.29 Å². The molecule has 0 bridgehead atoms. The summed E-state index contributed by atoms with van der Waals surface area (Å²) in [4.78, 5) is 8.81. The van der Waals surface area contributed by atoms with Gasteiger partial charge in [0.25, 0.3) is 0 Å². The predicted molar refractivity (Wildman–Crippen MR) is 57.0 cm³/mol. The molecule has 0 fully saturated rings. The lowest BCUT2D eigenvalue weighted by Gasteiger charge is -2.07. The Labute approximate surface area is 80.8 Å². The first-order valence-corrected chi connectivity index (χ1v) is 4.58. The summed E-state index contributed by atoms with van der Waals surface area (Å²) in [5.74, 6) is 0.654. The van der Waals surface area contributed by atoms with Gasteiger partial charge in [-0.15, -0.1) is 0 Å². The van der Waals surface area contributed by atoms with E-state index in [2.05, 4.69) is 45.0 Å². The Hall–Kier alpha value is -1.11. The van der Waals surface area contributed by atoms with Gasteiger partial charge in [0.15, 0.2) is 0 Å². The zero-order chi connectivity index (χ0) is 10.3. The van der Waals surface area contributed by atoms with E-state index < -0.39 is 0 Å². The van der Waals surface area contributed by atoms with Crippen LogP contribution in [0.1, 0.15) is 37.8 Å². The number of carbonyl (C=O) groups excluding carboxylic acids is 1. The molecule has 0 saturated carbocycles. The third kappa shape index (κ3) is 4.46. The maximum atomic E-state index is 8.81. The minimum atomic E-state index is 0.654. The number of hydrogen-bond acceptors (Lipinski definition) is 1. The van der Waals surface area contributed by atoms with Crippen LogP contribution in [0.3, 0.4) is 0 Å². The molecule has 0 amide bonds. The lowest BCUT2D eigenvalue weighted by atomic mass is 9.99. The van der Waals surface area contributed by atoms with Gasteiger partial charge in [-0.25, -0.2) is 0 Å². The molecule has 72 valence electrons. The van der Waals surface area contributed by atoms with E-state index in [-0.39, 0.29) is 0 Å². The maximum absolute atomic E-state index is 8.81. The van der Waals surface area contributed by atoms with Gasteiger partial charge < -0.3 is 4.79 Å². The summed E-state index contributed by atoms with van der Waals surface area (Å²) in [6.07, 6.45) is 0.750. The lowest BCUT2D eigenvalue weighted by molar-refractivity contribution is -0.106. The van der Waals surface area contributed by atoms with Crippen LogP contribution < -0.4 is 0 Å². The van der Waals surface area contributed by atoms with E-state index in [1.165, 1.54) is 18.1 Å². The molecule has 0 aliphatic rings. The molecule has 0 saturated heterocycles. The van der Waals surface area contributed by atoms with E-state index >= 15 is 0 Å². The fourth-order valence-corrected chi connectivity index (χ4v) is 1.23. The van der Waals surface area contributed by atoms with Crippen molar-refractivity contribution in [3.8, 4) is 0 Å². The number of hydrogen-bond donors (Lipinski definition) is 0. The Morgan fingerprint density at radius 1 is 1.23 bits per heavy atom. The van der Waals surface area contributed by atoms with Crippen molar-refractivity contribution in [1.29, 1.82) is 0 Å². The summed E-state index contributed by atoms with van der Waals surface area (Å²) in [6.45, 7) is 8.06. The number of rotatable bonds is 1. The molecule has 1 rings (SSSR count). The molecule has 0 aliphatic heterocycles. The van der Waals surface area contributed by atoms with Crippen LogP contribution in [-0.2, 0) is 4.79 Å². The first-order chi connectivity index (χ1) is 6.13. The highest BCUT2D eigenvalue weighted by atomic mass is 16.1. The minimum absolute atomic E-state index is 0.654. The Morgan fingerprint density at radius 3 is 2.00 bits per heavy atom. The third-order valence-electron chi connectivity index (χ3n) is 1.81. The van der Waals surface area contributed by atoms with Gasteiger partial charge >= 0.3 is 0 Å². The van der Waals surface area contributed by atoms with Crippen LogP contribution in [0, 0.1) is 6.92 Å². The summed E-state index contributed by atoms with van der Waals surface area (Å²) < 4.78 is 0. The van der Waals surface area contributed by atoms with Crippen LogP contribution in [0.25, 0.3) is 0 Å². The fourth-order valence-electron chi connectivity index (χ4n) is 1.23. The Balaban J connectivity index is 0.000000424. The highest BCUT2D eigenvalue weighted by Gasteiger charge is 1.99. The van der Waals surface area contributed by atoms with E-state index in [0.29, 0.717) is 5.92 Å². The molecule has 0 N–H and O–H groups in total. The average Bonchev–Trinajstić information content (AvgIpc) is 2.06. The molecular weight excluding hydrogens is 160 g/mol. The summed E-state index contributed by atoms with van der Waals surface area (Å²) in [5, 5.41) is 0. The van der Waals surface area contributed by atoms with Gasteiger partial charge in [-0.3, -0.25) is 0 Å². The van der Waals surface area contributed by atoms with Gasteiger partial charge in [-0.2, -0.15) is 0 Å². The van der Waals surface area contributed by atoms with Crippen molar-refractivity contribution in [3.63, 3.8) is 0 Å². The standard InChI is InChI=1S/C10H14.C2H4O/c1-8(2)10-7-5-4-6-9(10)3;1-2-3/h4-8H,1-3H3;2H,1H3. The molecule has 0 atom stereocenters. The molecule has 1 aromatic rings. The SMILES string of the molecule is CC=O.Cc1ccccc1C(C)C. The van der Waals surface area contributed by atoms with Crippen molar-refractivity contribution in [2.24, 2.45) is 0 Å². The van der Waals surface area contributed by atoms with Gasteiger partial charge in [0.2, 0.25) is 0 Å². The smallest absolute Gasteiger partial charge is 0.116 e. The van der Waals surface area contributed by atoms with Crippen LogP contribution in [0.4, 0.5) is 0 Å². The quantitative estimate of drug-likeness (QED) is 0.603. The van der Waals surface area contributed by atoms with E-state index in [1.807, 2.05) is 0 Å². The van der Waals surface area contributed by atoms with Crippen LogP contribution in [0.2, 0.25) is 0 Å². The average molecular weight is 178 g/mol. The van der Waals surface area contributed by atoms with E-state index in [4.69, 9.17) is 4.79 Å². The van der Waals surface area contributed by atoms with E-state index in [1.54, 1.807) is 0 Å². The van der Waals surface area contributed by atoms with Crippen molar-refractivity contribution in [2.45, 2.75) is 33.6 Å². The first kappa shape index (κ1) is 11.9. The Morgan fingerprint density at radius 2 is 1.69 bits per heavy atom. The van der Waals surface area contributed by atoms with Crippen molar-refractivity contribution < 1.29 is 4.79 Å². The Bertz CT molecular complexity index is 251. The summed E-state index contributed by atoms with van der Waals surface area (Å²) >= 11 is 0. The molecule has 0 radical (unpaired) electrons.